The average molecular weight is 227 g/mol. The molecule has 1 rings (SSSR count). The van der Waals surface area contributed by atoms with Gasteiger partial charge in [-0.25, -0.2) is 0 Å². The van der Waals surface area contributed by atoms with Gasteiger partial charge in [0.05, 0.1) is 0 Å². The van der Waals surface area contributed by atoms with Crippen LogP contribution in [0.5, 0.6) is 0 Å². The average Bonchev–Trinajstić information content (AvgIpc) is 2.72. The SMILES string of the molecule is CC(CO)CCCNC(=O)C1(C)CCCC1. The molecule has 16 heavy (non-hydrogen) atoms. The summed E-state index contributed by atoms with van der Waals surface area (Å²) in [4.78, 5) is 11.9. The number of nitrogens with one attached hydrogen (secondary N) is 1. The third-order valence-electron chi connectivity index (χ3n) is 3.73. The molecule has 0 aromatic carbocycles. The molecule has 0 saturated heterocycles. The summed E-state index contributed by atoms with van der Waals surface area (Å²) in [6.45, 7) is 5.09. The lowest BCUT2D eigenvalue weighted by molar-refractivity contribution is -0.129. The normalized spacial score (nSPS) is 20.7. The van der Waals surface area contributed by atoms with E-state index < -0.39 is 0 Å². The highest BCUT2D eigenvalue weighted by Crippen LogP contribution is 2.37. The van der Waals surface area contributed by atoms with Gasteiger partial charge in [0.15, 0.2) is 0 Å². The number of carbonyl (C=O) groups is 1. The second kappa shape index (κ2) is 6.24. The van der Waals surface area contributed by atoms with Crippen molar-refractivity contribution in [1.29, 1.82) is 0 Å². The lowest BCUT2D eigenvalue weighted by Crippen LogP contribution is -2.37. The molecule has 1 saturated carbocycles. The molecule has 3 heteroatoms. The molecule has 1 atom stereocenters. The number of hydrogen-bond donors (Lipinski definition) is 2. The van der Waals surface area contributed by atoms with E-state index in [4.69, 9.17) is 5.11 Å². The van der Waals surface area contributed by atoms with E-state index in [1.54, 1.807) is 0 Å². The summed E-state index contributed by atoms with van der Waals surface area (Å²) >= 11 is 0. The van der Waals surface area contributed by atoms with Crippen LogP contribution in [0.1, 0.15) is 52.4 Å². The van der Waals surface area contributed by atoms with Gasteiger partial charge < -0.3 is 10.4 Å². The maximum Gasteiger partial charge on any atom is 0.225 e. The fourth-order valence-corrected chi connectivity index (χ4v) is 2.34. The zero-order valence-corrected chi connectivity index (χ0v) is 10.6. The minimum Gasteiger partial charge on any atom is -0.396 e. The minimum absolute atomic E-state index is 0.109. The molecule has 0 spiro atoms. The van der Waals surface area contributed by atoms with Crippen LogP contribution in [-0.2, 0) is 4.79 Å². The Morgan fingerprint density at radius 1 is 1.44 bits per heavy atom. The zero-order valence-electron chi connectivity index (χ0n) is 10.6. The van der Waals surface area contributed by atoms with E-state index in [0.717, 1.165) is 32.2 Å². The first-order valence-corrected chi connectivity index (χ1v) is 6.47. The van der Waals surface area contributed by atoms with Gasteiger partial charge in [-0.3, -0.25) is 4.79 Å². The molecule has 0 aromatic rings. The van der Waals surface area contributed by atoms with E-state index in [1.807, 2.05) is 6.92 Å². The molecule has 1 amide bonds. The molecule has 2 N–H and O–H groups in total. The maximum atomic E-state index is 11.9. The highest BCUT2D eigenvalue weighted by molar-refractivity contribution is 5.82. The number of aliphatic hydroxyl groups excluding tert-OH is 1. The third kappa shape index (κ3) is 3.78. The summed E-state index contributed by atoms with van der Waals surface area (Å²) in [7, 11) is 0. The van der Waals surface area contributed by atoms with Crippen LogP contribution in [0, 0.1) is 11.3 Å². The Kier molecular flexibility index (Phi) is 5.26. The topological polar surface area (TPSA) is 49.3 Å². The quantitative estimate of drug-likeness (QED) is 0.683. The van der Waals surface area contributed by atoms with Crippen molar-refractivity contribution < 1.29 is 9.90 Å². The zero-order chi connectivity index (χ0) is 12.0. The van der Waals surface area contributed by atoms with Crippen LogP contribution in [0.2, 0.25) is 0 Å². The number of aliphatic hydroxyl groups is 1. The highest BCUT2D eigenvalue weighted by atomic mass is 16.3. The number of amides is 1. The second-order valence-corrected chi connectivity index (χ2v) is 5.45. The van der Waals surface area contributed by atoms with Crippen LogP contribution >= 0.6 is 0 Å². The fraction of sp³-hybridized carbons (Fsp3) is 0.923. The van der Waals surface area contributed by atoms with Crippen LogP contribution in [0.4, 0.5) is 0 Å². The van der Waals surface area contributed by atoms with Gasteiger partial charge in [0.2, 0.25) is 5.91 Å². The van der Waals surface area contributed by atoms with Gasteiger partial charge in [0.1, 0.15) is 0 Å². The largest absolute Gasteiger partial charge is 0.396 e. The van der Waals surface area contributed by atoms with Crippen molar-refractivity contribution in [3.05, 3.63) is 0 Å². The third-order valence-corrected chi connectivity index (χ3v) is 3.73. The number of carbonyl (C=O) groups excluding carboxylic acids is 1. The lowest BCUT2D eigenvalue weighted by Gasteiger charge is -2.22. The van der Waals surface area contributed by atoms with Crippen LogP contribution in [0.25, 0.3) is 0 Å². The number of hydrogen-bond acceptors (Lipinski definition) is 2. The summed E-state index contributed by atoms with van der Waals surface area (Å²) in [5.74, 6) is 0.570. The van der Waals surface area contributed by atoms with Gasteiger partial charge in [0.25, 0.3) is 0 Å². The maximum absolute atomic E-state index is 11.9. The minimum atomic E-state index is -0.109. The van der Waals surface area contributed by atoms with E-state index in [2.05, 4.69) is 12.2 Å². The molecule has 3 nitrogen and oxygen atoms in total. The van der Waals surface area contributed by atoms with Crippen molar-refractivity contribution >= 4 is 5.91 Å². The van der Waals surface area contributed by atoms with Gasteiger partial charge in [-0.1, -0.05) is 26.7 Å². The molecule has 0 aliphatic heterocycles. The molecule has 0 heterocycles. The second-order valence-electron chi connectivity index (χ2n) is 5.45. The van der Waals surface area contributed by atoms with E-state index in [0.29, 0.717) is 5.92 Å². The summed E-state index contributed by atoms with van der Waals surface area (Å²) in [6, 6.07) is 0. The molecular weight excluding hydrogens is 202 g/mol. The fourth-order valence-electron chi connectivity index (χ4n) is 2.34. The first kappa shape index (κ1) is 13.5. The van der Waals surface area contributed by atoms with Gasteiger partial charge in [-0.2, -0.15) is 0 Å². The van der Waals surface area contributed by atoms with Crippen LogP contribution in [-0.4, -0.2) is 24.2 Å². The van der Waals surface area contributed by atoms with Crippen molar-refractivity contribution in [2.45, 2.75) is 52.4 Å². The summed E-state index contributed by atoms with van der Waals surface area (Å²) in [5.41, 5.74) is -0.109. The lowest BCUT2D eigenvalue weighted by atomic mass is 9.88. The monoisotopic (exact) mass is 227 g/mol. The molecule has 1 aliphatic carbocycles. The Bertz CT molecular complexity index is 222. The Balaban J connectivity index is 2.15. The van der Waals surface area contributed by atoms with Crippen molar-refractivity contribution in [2.24, 2.45) is 11.3 Å². The summed E-state index contributed by atoms with van der Waals surface area (Å²) in [5, 5.41) is 11.9. The predicted molar refractivity (Wildman–Crippen MR) is 65.1 cm³/mol. The van der Waals surface area contributed by atoms with Crippen molar-refractivity contribution in [3.63, 3.8) is 0 Å². The van der Waals surface area contributed by atoms with Gasteiger partial charge in [-0.05, 0) is 31.6 Å². The molecule has 0 aromatic heterocycles. The molecular formula is C13H25NO2. The van der Waals surface area contributed by atoms with E-state index in [-0.39, 0.29) is 17.9 Å². The molecule has 94 valence electrons. The van der Waals surface area contributed by atoms with Crippen molar-refractivity contribution in [3.8, 4) is 0 Å². The Hall–Kier alpha value is -0.570. The smallest absolute Gasteiger partial charge is 0.225 e. The Morgan fingerprint density at radius 2 is 2.06 bits per heavy atom. The van der Waals surface area contributed by atoms with Crippen molar-refractivity contribution in [1.82, 2.24) is 5.32 Å². The predicted octanol–water partition coefficient (Wildman–Crippen LogP) is 2.09. The van der Waals surface area contributed by atoms with E-state index >= 15 is 0 Å². The van der Waals surface area contributed by atoms with Crippen LogP contribution < -0.4 is 5.32 Å². The molecule has 1 unspecified atom stereocenters. The molecule has 1 fully saturated rings. The highest BCUT2D eigenvalue weighted by Gasteiger charge is 2.35. The number of rotatable bonds is 6. The van der Waals surface area contributed by atoms with Crippen molar-refractivity contribution in [2.75, 3.05) is 13.2 Å². The Morgan fingerprint density at radius 3 is 2.62 bits per heavy atom. The summed E-state index contributed by atoms with van der Waals surface area (Å²) < 4.78 is 0. The Labute approximate surface area is 98.6 Å². The molecule has 1 aliphatic rings. The van der Waals surface area contributed by atoms with Crippen LogP contribution in [0.3, 0.4) is 0 Å². The van der Waals surface area contributed by atoms with Gasteiger partial charge in [-0.15, -0.1) is 0 Å². The van der Waals surface area contributed by atoms with E-state index in [9.17, 15) is 4.79 Å². The molecule has 0 bridgehead atoms. The molecule has 0 radical (unpaired) electrons. The van der Waals surface area contributed by atoms with Crippen LogP contribution in [0.15, 0.2) is 0 Å². The van der Waals surface area contributed by atoms with Gasteiger partial charge in [0, 0.05) is 18.6 Å². The first-order valence-electron chi connectivity index (χ1n) is 6.47. The standard InChI is InChI=1S/C13H25NO2/c1-11(10-15)6-5-9-14-12(16)13(2)7-3-4-8-13/h11,15H,3-10H2,1-2H3,(H,14,16). The van der Waals surface area contributed by atoms with Gasteiger partial charge >= 0.3 is 0 Å². The summed E-state index contributed by atoms with van der Waals surface area (Å²) in [6.07, 6.45) is 6.38. The first-order chi connectivity index (χ1) is 7.58. The van der Waals surface area contributed by atoms with E-state index in [1.165, 1.54) is 12.8 Å².